The molecule has 1 amide bonds. The Morgan fingerprint density at radius 2 is 1.96 bits per heavy atom. The number of aliphatic hydroxyl groups is 1. The summed E-state index contributed by atoms with van der Waals surface area (Å²) in [6.07, 6.45) is 4.74. The maximum atomic E-state index is 12.4. The van der Waals surface area contributed by atoms with E-state index in [1.54, 1.807) is 6.08 Å². The lowest BCUT2D eigenvalue weighted by Gasteiger charge is -2.29. The molecule has 5 heteroatoms. The summed E-state index contributed by atoms with van der Waals surface area (Å²) in [4.78, 5) is 24.1. The zero-order chi connectivity index (χ0) is 17.6. The number of allylic oxidation sites excluding steroid dienone is 2. The summed E-state index contributed by atoms with van der Waals surface area (Å²) in [6.45, 7) is 3.93. The zero-order valence-electron chi connectivity index (χ0n) is 14.1. The Bertz CT molecular complexity index is 660. The van der Waals surface area contributed by atoms with E-state index < -0.39 is 0 Å². The molecule has 0 aliphatic heterocycles. The fourth-order valence-electron chi connectivity index (χ4n) is 2.77. The molecule has 5 nitrogen and oxygen atoms in total. The van der Waals surface area contributed by atoms with Crippen molar-refractivity contribution in [3.05, 3.63) is 53.2 Å². The third-order valence-electron chi connectivity index (χ3n) is 3.81. The Morgan fingerprint density at radius 1 is 1.25 bits per heavy atom. The van der Waals surface area contributed by atoms with Crippen molar-refractivity contribution in [2.45, 2.75) is 33.1 Å². The van der Waals surface area contributed by atoms with E-state index >= 15 is 0 Å². The highest BCUT2D eigenvalue weighted by Gasteiger charge is 2.27. The number of ketones is 1. The molecule has 1 aliphatic rings. The molecule has 0 aromatic heterocycles. The first-order valence-corrected chi connectivity index (χ1v) is 8.06. The topological polar surface area (TPSA) is 78.4 Å². The fourth-order valence-corrected chi connectivity index (χ4v) is 2.77. The molecule has 0 bridgehead atoms. The molecule has 24 heavy (non-hydrogen) atoms. The van der Waals surface area contributed by atoms with E-state index in [-0.39, 0.29) is 30.1 Å². The summed E-state index contributed by atoms with van der Waals surface area (Å²) in [5, 5.41) is 9.19. The van der Waals surface area contributed by atoms with Crippen LogP contribution in [0.1, 0.15) is 38.7 Å². The van der Waals surface area contributed by atoms with Gasteiger partial charge in [0.05, 0.1) is 0 Å². The molecular formula is C19H24N2O3. The number of carbonyl (C=O) groups is 2. The molecular weight excluding hydrogens is 304 g/mol. The standard InChI is InChI=1S/C19H24N2O3/c1-19(2)12-16(11-17(23)13-19)20-21-18(24)15(8-9-22)10-14-6-4-3-5-7-14/h3-7,10-11,20,22H,8-9,12-13H2,1-2H3,(H,21,24). The minimum atomic E-state index is -0.315. The number of nitrogens with one attached hydrogen (secondary N) is 2. The van der Waals surface area contributed by atoms with E-state index in [0.29, 0.717) is 24.1 Å². The van der Waals surface area contributed by atoms with E-state index in [4.69, 9.17) is 0 Å². The van der Waals surface area contributed by atoms with Crippen molar-refractivity contribution >= 4 is 17.8 Å². The van der Waals surface area contributed by atoms with Crippen molar-refractivity contribution in [3.63, 3.8) is 0 Å². The quantitative estimate of drug-likeness (QED) is 0.553. The van der Waals surface area contributed by atoms with Crippen molar-refractivity contribution in [2.75, 3.05) is 6.61 Å². The van der Waals surface area contributed by atoms with Crippen LogP contribution in [0.5, 0.6) is 0 Å². The maximum Gasteiger partial charge on any atom is 0.265 e. The summed E-state index contributed by atoms with van der Waals surface area (Å²) >= 11 is 0. The van der Waals surface area contributed by atoms with Gasteiger partial charge in [0.25, 0.3) is 5.91 Å². The average molecular weight is 328 g/mol. The second kappa shape index (κ2) is 7.93. The Kier molecular flexibility index (Phi) is 5.93. The maximum absolute atomic E-state index is 12.4. The molecule has 1 aromatic carbocycles. The lowest BCUT2D eigenvalue weighted by molar-refractivity contribution is -0.119. The van der Waals surface area contributed by atoms with E-state index in [9.17, 15) is 14.7 Å². The highest BCUT2D eigenvalue weighted by atomic mass is 16.3. The average Bonchev–Trinajstić information content (AvgIpc) is 2.51. The summed E-state index contributed by atoms with van der Waals surface area (Å²) < 4.78 is 0. The van der Waals surface area contributed by atoms with Crippen LogP contribution in [0.2, 0.25) is 0 Å². The van der Waals surface area contributed by atoms with Crippen molar-refractivity contribution in [2.24, 2.45) is 5.41 Å². The molecule has 0 radical (unpaired) electrons. The van der Waals surface area contributed by atoms with Gasteiger partial charge in [-0.3, -0.25) is 15.0 Å². The number of hydrazine groups is 1. The molecule has 0 saturated carbocycles. The second-order valence-corrected chi connectivity index (χ2v) is 6.79. The van der Waals surface area contributed by atoms with Crippen LogP contribution in [-0.2, 0) is 9.59 Å². The number of benzene rings is 1. The Hall–Kier alpha value is -2.40. The molecule has 0 saturated heterocycles. The smallest absolute Gasteiger partial charge is 0.265 e. The predicted octanol–water partition coefficient (Wildman–Crippen LogP) is 2.35. The van der Waals surface area contributed by atoms with Crippen LogP contribution in [-0.4, -0.2) is 23.4 Å². The third-order valence-corrected chi connectivity index (χ3v) is 3.81. The van der Waals surface area contributed by atoms with Gasteiger partial charge in [0.2, 0.25) is 0 Å². The van der Waals surface area contributed by atoms with Crippen LogP contribution in [0, 0.1) is 5.41 Å². The number of hydrogen-bond donors (Lipinski definition) is 3. The molecule has 0 atom stereocenters. The highest BCUT2D eigenvalue weighted by molar-refractivity contribution is 5.97. The number of amides is 1. The molecule has 0 heterocycles. The summed E-state index contributed by atoms with van der Waals surface area (Å²) in [7, 11) is 0. The summed E-state index contributed by atoms with van der Waals surface area (Å²) in [5.41, 5.74) is 7.42. The van der Waals surface area contributed by atoms with Crippen LogP contribution < -0.4 is 10.9 Å². The normalized spacial score (nSPS) is 17.2. The van der Waals surface area contributed by atoms with Gasteiger partial charge in [-0.05, 0) is 23.5 Å². The van der Waals surface area contributed by atoms with Gasteiger partial charge >= 0.3 is 0 Å². The molecule has 1 aliphatic carbocycles. The second-order valence-electron chi connectivity index (χ2n) is 6.79. The molecule has 128 valence electrons. The lowest BCUT2D eigenvalue weighted by atomic mass is 9.79. The van der Waals surface area contributed by atoms with Gasteiger partial charge in [-0.1, -0.05) is 44.2 Å². The van der Waals surface area contributed by atoms with Crippen LogP contribution in [0.4, 0.5) is 0 Å². The molecule has 1 aromatic rings. The van der Waals surface area contributed by atoms with Gasteiger partial charge in [0.1, 0.15) is 0 Å². The molecule has 0 spiro atoms. The largest absolute Gasteiger partial charge is 0.396 e. The van der Waals surface area contributed by atoms with Crippen molar-refractivity contribution in [1.82, 2.24) is 10.9 Å². The van der Waals surface area contributed by atoms with Crippen molar-refractivity contribution in [3.8, 4) is 0 Å². The van der Waals surface area contributed by atoms with Crippen LogP contribution in [0.15, 0.2) is 47.7 Å². The predicted molar refractivity (Wildman–Crippen MR) is 93.5 cm³/mol. The molecule has 0 fully saturated rings. The lowest BCUT2D eigenvalue weighted by Crippen LogP contribution is -2.40. The van der Waals surface area contributed by atoms with Gasteiger partial charge in [0, 0.05) is 36.8 Å². The Balaban J connectivity index is 2.04. The number of hydrogen-bond acceptors (Lipinski definition) is 4. The first kappa shape index (κ1) is 17.9. The monoisotopic (exact) mass is 328 g/mol. The Labute approximate surface area is 142 Å². The fraction of sp³-hybridized carbons (Fsp3) is 0.368. The minimum Gasteiger partial charge on any atom is -0.396 e. The number of aliphatic hydroxyl groups excluding tert-OH is 1. The van der Waals surface area contributed by atoms with Crippen molar-refractivity contribution in [1.29, 1.82) is 0 Å². The van der Waals surface area contributed by atoms with E-state index in [2.05, 4.69) is 10.9 Å². The van der Waals surface area contributed by atoms with Gasteiger partial charge in [-0.25, -0.2) is 0 Å². The molecule has 3 N–H and O–H groups in total. The van der Waals surface area contributed by atoms with Gasteiger partial charge in [0.15, 0.2) is 5.78 Å². The van der Waals surface area contributed by atoms with Gasteiger partial charge in [-0.15, -0.1) is 0 Å². The molecule has 0 unspecified atom stereocenters. The van der Waals surface area contributed by atoms with Gasteiger partial charge in [-0.2, -0.15) is 0 Å². The van der Waals surface area contributed by atoms with Gasteiger partial charge < -0.3 is 10.5 Å². The van der Waals surface area contributed by atoms with E-state index in [0.717, 1.165) is 5.56 Å². The zero-order valence-corrected chi connectivity index (χ0v) is 14.1. The van der Waals surface area contributed by atoms with Crippen LogP contribution >= 0.6 is 0 Å². The molecule has 2 rings (SSSR count). The first-order chi connectivity index (χ1) is 11.4. The van der Waals surface area contributed by atoms with E-state index in [1.807, 2.05) is 44.2 Å². The highest BCUT2D eigenvalue weighted by Crippen LogP contribution is 2.32. The first-order valence-electron chi connectivity index (χ1n) is 8.06. The minimum absolute atomic E-state index is 0.0541. The third kappa shape index (κ3) is 5.35. The van der Waals surface area contributed by atoms with Crippen LogP contribution in [0.25, 0.3) is 6.08 Å². The van der Waals surface area contributed by atoms with Crippen LogP contribution in [0.3, 0.4) is 0 Å². The Morgan fingerprint density at radius 3 is 2.58 bits per heavy atom. The number of carbonyl (C=O) groups excluding carboxylic acids is 2. The summed E-state index contributed by atoms with van der Waals surface area (Å²) in [5.74, 6) is -0.261. The van der Waals surface area contributed by atoms with Crippen molar-refractivity contribution < 1.29 is 14.7 Å². The summed E-state index contributed by atoms with van der Waals surface area (Å²) in [6, 6.07) is 9.46. The van der Waals surface area contributed by atoms with E-state index in [1.165, 1.54) is 6.08 Å². The number of rotatable bonds is 6. The SMILES string of the molecule is CC1(C)CC(=O)C=C(NNC(=O)C(=Cc2ccccc2)CCO)C1.